The van der Waals surface area contributed by atoms with Crippen LogP contribution in [0, 0.1) is 11.3 Å². The van der Waals surface area contributed by atoms with Crippen molar-refractivity contribution in [2.45, 2.75) is 19.8 Å². The lowest BCUT2D eigenvalue weighted by molar-refractivity contribution is 0.745. The molecule has 0 saturated heterocycles. The average molecular weight is 138 g/mol. The van der Waals surface area contributed by atoms with Crippen LogP contribution in [-0.2, 0) is 0 Å². The summed E-state index contributed by atoms with van der Waals surface area (Å²) < 4.78 is 0. The maximum atomic E-state index is 6.88. The van der Waals surface area contributed by atoms with Crippen LogP contribution in [-0.4, -0.2) is 12.8 Å². The summed E-state index contributed by atoms with van der Waals surface area (Å²) in [4.78, 5) is 0. The zero-order valence-corrected chi connectivity index (χ0v) is 6.35. The van der Waals surface area contributed by atoms with E-state index in [9.17, 15) is 0 Å². The van der Waals surface area contributed by atoms with Crippen molar-refractivity contribution in [3.05, 3.63) is 11.8 Å². The van der Waals surface area contributed by atoms with Gasteiger partial charge in [0.2, 0.25) is 0 Å². The highest BCUT2D eigenvalue weighted by atomic mass is 14.8. The second-order valence-corrected chi connectivity index (χ2v) is 2.88. The van der Waals surface area contributed by atoms with Gasteiger partial charge in [0.1, 0.15) is 0 Å². The minimum Gasteiger partial charge on any atom is -0.390 e. The van der Waals surface area contributed by atoms with Gasteiger partial charge in [-0.1, -0.05) is 0 Å². The minimum absolute atomic E-state index is 0.912. The molecular formula is C8H14N2. The van der Waals surface area contributed by atoms with E-state index in [1.54, 1.807) is 0 Å². The molecule has 0 unspecified atom stereocenters. The monoisotopic (exact) mass is 138 g/mol. The lowest BCUT2D eigenvalue weighted by Gasteiger charge is -1.96. The van der Waals surface area contributed by atoms with Crippen LogP contribution in [0.4, 0.5) is 0 Å². The molecular weight excluding hydrogens is 124 g/mol. The summed E-state index contributed by atoms with van der Waals surface area (Å²) in [5.41, 5.74) is 0.987. The Morgan fingerprint density at radius 1 is 1.70 bits per heavy atom. The molecule has 0 bridgehead atoms. The minimum atomic E-state index is 0.912. The number of allylic oxidation sites excluding steroid dienone is 1. The van der Waals surface area contributed by atoms with Crippen LogP contribution in [0.2, 0.25) is 0 Å². The summed E-state index contributed by atoms with van der Waals surface area (Å²) in [6.07, 6.45) is 6.03. The average Bonchev–Trinajstić information content (AvgIpc) is 2.71. The Morgan fingerprint density at radius 2 is 2.40 bits per heavy atom. The SMILES string of the molecule is C/C(C=N)=C/NCC1CC1. The zero-order valence-electron chi connectivity index (χ0n) is 6.35. The van der Waals surface area contributed by atoms with Gasteiger partial charge in [0.25, 0.3) is 0 Å². The Balaban J connectivity index is 2.06. The van der Waals surface area contributed by atoms with E-state index in [1.807, 2.05) is 13.1 Å². The maximum absolute atomic E-state index is 6.88. The standard InChI is InChI=1S/C8H14N2/c1-7(4-9)5-10-6-8-2-3-8/h4-5,8-10H,2-3,6H2,1H3/b7-5-,9-4?. The predicted molar refractivity (Wildman–Crippen MR) is 43.3 cm³/mol. The molecule has 0 amide bonds. The fourth-order valence-electron chi connectivity index (χ4n) is 0.750. The molecule has 2 heteroatoms. The molecule has 10 heavy (non-hydrogen) atoms. The van der Waals surface area contributed by atoms with Gasteiger partial charge in [-0.25, -0.2) is 0 Å². The highest BCUT2D eigenvalue weighted by Crippen LogP contribution is 2.27. The lowest BCUT2D eigenvalue weighted by atomic mass is 10.3. The summed E-state index contributed by atoms with van der Waals surface area (Å²) in [5.74, 6) is 0.912. The molecule has 0 aromatic rings. The first kappa shape index (κ1) is 7.32. The Labute approximate surface area is 61.8 Å². The fourth-order valence-corrected chi connectivity index (χ4v) is 0.750. The lowest BCUT2D eigenvalue weighted by Crippen LogP contribution is -2.09. The Morgan fingerprint density at radius 3 is 2.90 bits per heavy atom. The Bertz CT molecular complexity index is 145. The van der Waals surface area contributed by atoms with Gasteiger partial charge in [-0.05, 0) is 31.3 Å². The third-order valence-electron chi connectivity index (χ3n) is 1.66. The third kappa shape index (κ3) is 2.67. The molecule has 2 nitrogen and oxygen atoms in total. The molecule has 1 aliphatic carbocycles. The number of rotatable bonds is 4. The van der Waals surface area contributed by atoms with E-state index in [-0.39, 0.29) is 0 Å². The van der Waals surface area contributed by atoms with Crippen LogP contribution in [0.5, 0.6) is 0 Å². The van der Waals surface area contributed by atoms with Gasteiger partial charge in [0.05, 0.1) is 0 Å². The van der Waals surface area contributed by atoms with Crippen LogP contribution < -0.4 is 5.32 Å². The van der Waals surface area contributed by atoms with E-state index in [1.165, 1.54) is 19.1 Å². The van der Waals surface area contributed by atoms with E-state index < -0.39 is 0 Å². The van der Waals surface area contributed by atoms with Crippen LogP contribution in [0.15, 0.2) is 11.8 Å². The van der Waals surface area contributed by atoms with Crippen molar-refractivity contribution in [1.29, 1.82) is 5.41 Å². The first-order valence-corrected chi connectivity index (χ1v) is 3.73. The van der Waals surface area contributed by atoms with Crippen molar-refractivity contribution in [2.75, 3.05) is 6.54 Å². The Hall–Kier alpha value is -0.790. The predicted octanol–water partition coefficient (Wildman–Crippen LogP) is 1.54. The molecule has 0 atom stereocenters. The largest absolute Gasteiger partial charge is 0.390 e. The van der Waals surface area contributed by atoms with Crippen molar-refractivity contribution in [3.63, 3.8) is 0 Å². The third-order valence-corrected chi connectivity index (χ3v) is 1.66. The number of hydrogen-bond acceptors (Lipinski definition) is 2. The van der Waals surface area contributed by atoms with Crippen LogP contribution in [0.25, 0.3) is 0 Å². The summed E-state index contributed by atoms with van der Waals surface area (Å²) in [6, 6.07) is 0. The molecule has 1 saturated carbocycles. The first-order chi connectivity index (χ1) is 4.83. The molecule has 1 aliphatic rings. The van der Waals surface area contributed by atoms with Crippen molar-refractivity contribution < 1.29 is 0 Å². The van der Waals surface area contributed by atoms with E-state index in [0.29, 0.717) is 0 Å². The van der Waals surface area contributed by atoms with Crippen molar-refractivity contribution in [1.82, 2.24) is 5.32 Å². The van der Waals surface area contributed by atoms with Crippen LogP contribution >= 0.6 is 0 Å². The fraction of sp³-hybridized carbons (Fsp3) is 0.625. The van der Waals surface area contributed by atoms with Gasteiger partial charge in [-0.3, -0.25) is 0 Å². The quantitative estimate of drug-likeness (QED) is 0.568. The molecule has 0 heterocycles. The highest BCUT2D eigenvalue weighted by Gasteiger charge is 2.19. The van der Waals surface area contributed by atoms with Crippen LogP contribution in [0.1, 0.15) is 19.8 Å². The molecule has 2 N–H and O–H groups in total. The van der Waals surface area contributed by atoms with E-state index in [2.05, 4.69) is 5.32 Å². The summed E-state index contributed by atoms with van der Waals surface area (Å²) >= 11 is 0. The van der Waals surface area contributed by atoms with Gasteiger partial charge < -0.3 is 10.7 Å². The first-order valence-electron chi connectivity index (χ1n) is 3.73. The molecule has 0 aromatic carbocycles. The Kier molecular flexibility index (Phi) is 2.49. The molecule has 1 fully saturated rings. The van der Waals surface area contributed by atoms with Crippen LogP contribution in [0.3, 0.4) is 0 Å². The van der Waals surface area contributed by atoms with Gasteiger partial charge in [-0.15, -0.1) is 0 Å². The number of hydrogen-bond donors (Lipinski definition) is 2. The maximum Gasteiger partial charge on any atom is 0.0221 e. The molecule has 0 spiro atoms. The van der Waals surface area contributed by atoms with Crippen molar-refractivity contribution in [3.8, 4) is 0 Å². The van der Waals surface area contributed by atoms with Gasteiger partial charge >= 0.3 is 0 Å². The summed E-state index contributed by atoms with van der Waals surface area (Å²) in [5, 5.41) is 10.1. The smallest absolute Gasteiger partial charge is 0.0221 e. The van der Waals surface area contributed by atoms with Gasteiger partial charge in [0, 0.05) is 19.0 Å². The number of nitrogens with one attached hydrogen (secondary N) is 2. The van der Waals surface area contributed by atoms with Crippen molar-refractivity contribution in [2.24, 2.45) is 5.92 Å². The zero-order chi connectivity index (χ0) is 7.40. The summed E-state index contributed by atoms with van der Waals surface area (Å²) in [7, 11) is 0. The second kappa shape index (κ2) is 3.40. The van der Waals surface area contributed by atoms with Gasteiger partial charge in [0.15, 0.2) is 0 Å². The second-order valence-electron chi connectivity index (χ2n) is 2.88. The summed E-state index contributed by atoms with van der Waals surface area (Å²) in [6.45, 7) is 3.01. The van der Waals surface area contributed by atoms with E-state index >= 15 is 0 Å². The highest BCUT2D eigenvalue weighted by molar-refractivity contribution is 5.74. The molecule has 0 aromatic heterocycles. The topological polar surface area (TPSA) is 35.9 Å². The van der Waals surface area contributed by atoms with E-state index in [0.717, 1.165) is 18.0 Å². The molecule has 0 aliphatic heterocycles. The molecule has 1 rings (SSSR count). The molecule has 56 valence electrons. The van der Waals surface area contributed by atoms with Gasteiger partial charge in [-0.2, -0.15) is 0 Å². The normalized spacial score (nSPS) is 18.7. The molecule has 0 radical (unpaired) electrons. The van der Waals surface area contributed by atoms with E-state index in [4.69, 9.17) is 5.41 Å². The van der Waals surface area contributed by atoms with Crippen molar-refractivity contribution >= 4 is 6.21 Å².